The zero-order chi connectivity index (χ0) is 17.6. The van der Waals surface area contributed by atoms with E-state index in [9.17, 15) is 14.0 Å². The molecule has 6 nitrogen and oxygen atoms in total. The number of urea groups is 1. The maximum Gasteiger partial charge on any atom is 0.315 e. The third kappa shape index (κ3) is 6.13. The summed E-state index contributed by atoms with van der Waals surface area (Å²) in [6, 6.07) is -1.47. The van der Waals surface area contributed by atoms with E-state index < -0.39 is 24.7 Å². The summed E-state index contributed by atoms with van der Waals surface area (Å²) in [4.78, 5) is 28.0. The van der Waals surface area contributed by atoms with Gasteiger partial charge in [-0.3, -0.25) is 4.79 Å². The molecule has 0 saturated carbocycles. The number of nitrogens with one attached hydrogen (secondary N) is 3. The maximum absolute atomic E-state index is 12.0. The Bertz CT molecular complexity index is 542. The summed E-state index contributed by atoms with van der Waals surface area (Å²) in [5.41, 5.74) is 0.935. The fraction of sp³-hybridized carbons (Fsp3) is 0.667. The molecule has 0 spiro atoms. The Labute approximate surface area is 140 Å². The molecule has 1 aromatic rings. The number of hydrogen-bond acceptors (Lipinski definition) is 4. The fourth-order valence-electron chi connectivity index (χ4n) is 1.72. The van der Waals surface area contributed by atoms with Crippen LogP contribution in [-0.2, 0) is 10.2 Å². The molecule has 0 aliphatic rings. The molecule has 23 heavy (non-hydrogen) atoms. The van der Waals surface area contributed by atoms with Crippen LogP contribution in [0.2, 0.25) is 0 Å². The number of amides is 3. The predicted octanol–water partition coefficient (Wildman–Crippen LogP) is 2.28. The Morgan fingerprint density at radius 1 is 1.30 bits per heavy atom. The molecule has 0 aromatic carbocycles. The van der Waals surface area contributed by atoms with E-state index in [0.29, 0.717) is 0 Å². The minimum atomic E-state index is -0.741. The first-order valence-corrected chi connectivity index (χ1v) is 8.39. The Morgan fingerprint density at radius 3 is 2.48 bits per heavy atom. The molecule has 8 heteroatoms. The number of rotatable bonds is 6. The first-order valence-electron chi connectivity index (χ1n) is 7.51. The van der Waals surface area contributed by atoms with Gasteiger partial charge in [0.15, 0.2) is 0 Å². The van der Waals surface area contributed by atoms with Gasteiger partial charge in [-0.15, -0.1) is 11.3 Å². The lowest BCUT2D eigenvalue weighted by Gasteiger charge is -2.17. The topological polar surface area (TPSA) is 83.1 Å². The van der Waals surface area contributed by atoms with Gasteiger partial charge in [-0.2, -0.15) is 0 Å². The molecule has 0 aliphatic carbocycles. The summed E-state index contributed by atoms with van der Waals surface area (Å²) in [7, 11) is 0. The van der Waals surface area contributed by atoms with E-state index in [1.54, 1.807) is 6.92 Å². The number of carbonyl (C=O) groups excluding carboxylic acids is 2. The summed E-state index contributed by atoms with van der Waals surface area (Å²) in [5, 5.41) is 10.4. The summed E-state index contributed by atoms with van der Waals surface area (Å²) in [5.74, 6) is -0.422. The molecular weight excluding hydrogens is 319 g/mol. The molecule has 0 aliphatic heterocycles. The standard InChI is InChI=1S/C15H25FN4O2S/c1-9(12(21)17-7-6-16)18-14(22)19-10(2)13-20-11(8-23-13)15(3,4)5/h8-10H,6-7H2,1-5H3,(H,17,21)(H2,18,19,22)/t9-,10+/m1/s1. The number of hydrogen-bond donors (Lipinski definition) is 3. The molecule has 1 rings (SSSR count). The Morgan fingerprint density at radius 2 is 1.96 bits per heavy atom. The zero-order valence-electron chi connectivity index (χ0n) is 14.2. The van der Waals surface area contributed by atoms with Crippen molar-refractivity contribution >= 4 is 23.3 Å². The van der Waals surface area contributed by atoms with E-state index in [-0.39, 0.29) is 18.0 Å². The molecule has 0 bridgehead atoms. The van der Waals surface area contributed by atoms with Crippen molar-refractivity contribution < 1.29 is 14.0 Å². The lowest BCUT2D eigenvalue weighted by Crippen LogP contribution is -2.49. The van der Waals surface area contributed by atoms with Crippen molar-refractivity contribution in [3.05, 3.63) is 16.1 Å². The average Bonchev–Trinajstić information content (AvgIpc) is 2.94. The van der Waals surface area contributed by atoms with Gasteiger partial charge >= 0.3 is 6.03 Å². The molecule has 0 radical (unpaired) electrons. The largest absolute Gasteiger partial charge is 0.352 e. The summed E-state index contributed by atoms with van der Waals surface area (Å²) >= 11 is 1.49. The summed E-state index contributed by atoms with van der Waals surface area (Å²) < 4.78 is 12.0. The van der Waals surface area contributed by atoms with E-state index in [1.165, 1.54) is 11.3 Å². The first-order chi connectivity index (χ1) is 10.6. The SMILES string of the molecule is C[C@H](NC(=O)N[C@H](C)C(=O)NCCF)c1nc(C(C)(C)C)cs1. The number of halogens is 1. The van der Waals surface area contributed by atoms with Crippen LogP contribution in [0.5, 0.6) is 0 Å². The number of nitrogens with zero attached hydrogens (tertiary/aromatic N) is 1. The minimum absolute atomic E-state index is 0.0419. The third-order valence-corrected chi connectivity index (χ3v) is 4.17. The second kappa shape index (κ2) is 8.24. The van der Waals surface area contributed by atoms with Crippen molar-refractivity contribution in [1.82, 2.24) is 20.9 Å². The average molecular weight is 344 g/mol. The Kier molecular flexibility index (Phi) is 6.93. The highest BCUT2D eigenvalue weighted by Gasteiger charge is 2.21. The molecule has 1 aromatic heterocycles. The molecule has 130 valence electrons. The van der Waals surface area contributed by atoms with Crippen LogP contribution < -0.4 is 16.0 Å². The summed E-state index contributed by atoms with van der Waals surface area (Å²) in [6.45, 7) is 8.91. The van der Waals surface area contributed by atoms with Crippen molar-refractivity contribution in [2.45, 2.75) is 52.1 Å². The number of alkyl halides is 1. The molecule has 1 heterocycles. The van der Waals surface area contributed by atoms with Crippen molar-refractivity contribution in [2.24, 2.45) is 0 Å². The van der Waals surface area contributed by atoms with Crippen LogP contribution in [-0.4, -0.2) is 36.2 Å². The van der Waals surface area contributed by atoms with Gasteiger partial charge in [-0.1, -0.05) is 20.8 Å². The number of aromatic nitrogens is 1. The highest BCUT2D eigenvalue weighted by atomic mass is 32.1. The predicted molar refractivity (Wildman–Crippen MR) is 89.3 cm³/mol. The van der Waals surface area contributed by atoms with Crippen LogP contribution in [0.1, 0.15) is 51.4 Å². The molecule has 3 amide bonds. The van der Waals surface area contributed by atoms with Crippen molar-refractivity contribution in [2.75, 3.05) is 13.2 Å². The van der Waals surface area contributed by atoms with Crippen molar-refractivity contribution in [3.63, 3.8) is 0 Å². The Balaban J connectivity index is 2.53. The van der Waals surface area contributed by atoms with Crippen LogP contribution in [0.4, 0.5) is 9.18 Å². The lowest BCUT2D eigenvalue weighted by atomic mass is 9.93. The molecular formula is C15H25FN4O2S. The molecule has 3 N–H and O–H groups in total. The second-order valence-electron chi connectivity index (χ2n) is 6.36. The molecule has 0 fully saturated rings. The number of thiazole rings is 1. The van der Waals surface area contributed by atoms with Gasteiger partial charge < -0.3 is 16.0 Å². The molecule has 2 atom stereocenters. The van der Waals surface area contributed by atoms with Gasteiger partial charge in [0.05, 0.1) is 11.7 Å². The third-order valence-electron chi connectivity index (χ3n) is 3.14. The monoisotopic (exact) mass is 344 g/mol. The van der Waals surface area contributed by atoms with Crippen LogP contribution in [0.3, 0.4) is 0 Å². The zero-order valence-corrected chi connectivity index (χ0v) is 15.0. The van der Waals surface area contributed by atoms with Crippen molar-refractivity contribution in [1.29, 1.82) is 0 Å². The van der Waals surface area contributed by atoms with Crippen LogP contribution in [0.25, 0.3) is 0 Å². The normalized spacial score (nSPS) is 14.0. The fourth-order valence-corrected chi connectivity index (χ4v) is 2.77. The van der Waals surface area contributed by atoms with E-state index in [1.807, 2.05) is 12.3 Å². The van der Waals surface area contributed by atoms with E-state index in [2.05, 4.69) is 41.7 Å². The van der Waals surface area contributed by atoms with Gasteiger partial charge in [0, 0.05) is 17.3 Å². The smallest absolute Gasteiger partial charge is 0.315 e. The maximum atomic E-state index is 12.0. The minimum Gasteiger partial charge on any atom is -0.352 e. The van der Waals surface area contributed by atoms with Crippen molar-refractivity contribution in [3.8, 4) is 0 Å². The summed E-state index contributed by atoms with van der Waals surface area (Å²) in [6.07, 6.45) is 0. The quantitative estimate of drug-likeness (QED) is 0.740. The van der Waals surface area contributed by atoms with Gasteiger partial charge in [0.25, 0.3) is 0 Å². The van der Waals surface area contributed by atoms with E-state index in [0.717, 1.165) is 10.7 Å². The van der Waals surface area contributed by atoms with Gasteiger partial charge in [0.2, 0.25) is 5.91 Å². The van der Waals surface area contributed by atoms with Crippen LogP contribution in [0.15, 0.2) is 5.38 Å². The van der Waals surface area contributed by atoms with E-state index in [4.69, 9.17) is 0 Å². The molecule has 0 unspecified atom stereocenters. The van der Waals surface area contributed by atoms with Gasteiger partial charge in [-0.05, 0) is 13.8 Å². The molecule has 0 saturated heterocycles. The van der Waals surface area contributed by atoms with Crippen LogP contribution >= 0.6 is 11.3 Å². The lowest BCUT2D eigenvalue weighted by molar-refractivity contribution is -0.122. The second-order valence-corrected chi connectivity index (χ2v) is 7.25. The highest BCUT2D eigenvalue weighted by molar-refractivity contribution is 7.09. The van der Waals surface area contributed by atoms with Crippen LogP contribution in [0, 0.1) is 0 Å². The van der Waals surface area contributed by atoms with Gasteiger partial charge in [-0.25, -0.2) is 14.2 Å². The highest BCUT2D eigenvalue weighted by Crippen LogP contribution is 2.26. The number of carbonyl (C=O) groups is 2. The van der Waals surface area contributed by atoms with Gasteiger partial charge in [0.1, 0.15) is 17.7 Å². The Hall–Kier alpha value is -1.70. The van der Waals surface area contributed by atoms with E-state index >= 15 is 0 Å². The first kappa shape index (κ1) is 19.3.